The molecule has 25 heavy (non-hydrogen) atoms. The van der Waals surface area contributed by atoms with Crippen LogP contribution in [-0.4, -0.2) is 54.4 Å². The molecule has 0 saturated carbocycles. The number of benzene rings is 1. The van der Waals surface area contributed by atoms with Crippen LogP contribution in [0.3, 0.4) is 0 Å². The van der Waals surface area contributed by atoms with E-state index in [0.717, 1.165) is 56.0 Å². The fourth-order valence-corrected chi connectivity index (χ4v) is 3.37. The molecule has 6 heteroatoms. The highest BCUT2D eigenvalue weighted by molar-refractivity contribution is 5.96. The minimum atomic E-state index is 0.119. The monoisotopic (exact) mass is 336 g/mol. The van der Waals surface area contributed by atoms with Gasteiger partial charge in [-0.05, 0) is 29.8 Å². The van der Waals surface area contributed by atoms with Gasteiger partial charge in [-0.25, -0.2) is 0 Å². The third-order valence-corrected chi connectivity index (χ3v) is 4.70. The van der Waals surface area contributed by atoms with Gasteiger partial charge in [-0.15, -0.1) is 0 Å². The molecule has 3 N–H and O–H groups in total. The zero-order chi connectivity index (χ0) is 17.2. The first-order valence-corrected chi connectivity index (χ1v) is 8.43. The molecule has 1 fully saturated rings. The normalized spacial score (nSPS) is 18.4. The van der Waals surface area contributed by atoms with Crippen LogP contribution in [0.5, 0.6) is 5.88 Å². The van der Waals surface area contributed by atoms with Gasteiger partial charge in [0.15, 0.2) is 5.88 Å². The molecule has 0 atom stereocenters. The number of dihydropyridines is 1. The third kappa shape index (κ3) is 3.12. The molecule has 6 nitrogen and oxygen atoms in total. The first-order chi connectivity index (χ1) is 12.2. The Kier molecular flexibility index (Phi) is 4.18. The van der Waals surface area contributed by atoms with Crippen molar-refractivity contribution in [1.82, 2.24) is 15.2 Å². The Morgan fingerprint density at radius 1 is 1.24 bits per heavy atom. The molecule has 2 aliphatic heterocycles. The highest BCUT2D eigenvalue weighted by Gasteiger charge is 2.19. The molecule has 0 unspecified atom stereocenters. The van der Waals surface area contributed by atoms with E-state index < -0.39 is 0 Å². The minimum Gasteiger partial charge on any atom is -0.494 e. The van der Waals surface area contributed by atoms with Gasteiger partial charge in [-0.3, -0.25) is 4.90 Å². The number of ether oxygens (including phenoxy) is 1. The van der Waals surface area contributed by atoms with Crippen LogP contribution in [0.4, 0.5) is 0 Å². The molecule has 1 aromatic carbocycles. The van der Waals surface area contributed by atoms with Crippen LogP contribution in [0.2, 0.25) is 0 Å². The lowest BCUT2D eigenvalue weighted by atomic mass is 10.0. The van der Waals surface area contributed by atoms with Crippen LogP contribution >= 0.6 is 0 Å². The summed E-state index contributed by atoms with van der Waals surface area (Å²) in [4.78, 5) is 5.36. The molecule has 4 rings (SSSR count). The number of H-pyrrole nitrogens is 1. The zero-order valence-corrected chi connectivity index (χ0v) is 13.9. The summed E-state index contributed by atoms with van der Waals surface area (Å²) in [5.74, 6) is 0.119. The van der Waals surface area contributed by atoms with Gasteiger partial charge in [0, 0.05) is 42.8 Å². The lowest BCUT2D eigenvalue weighted by Gasteiger charge is -2.28. The zero-order valence-electron chi connectivity index (χ0n) is 13.9. The first kappa shape index (κ1) is 15.8. The predicted octanol–water partition coefficient (Wildman–Crippen LogP) is 1.95. The van der Waals surface area contributed by atoms with E-state index in [9.17, 15) is 5.11 Å². The molecule has 2 aromatic rings. The van der Waals surface area contributed by atoms with Crippen molar-refractivity contribution in [2.24, 2.45) is 0 Å². The second-order valence-corrected chi connectivity index (χ2v) is 6.37. The Morgan fingerprint density at radius 3 is 2.80 bits per heavy atom. The number of rotatable bonds is 3. The van der Waals surface area contributed by atoms with E-state index in [1.807, 2.05) is 12.1 Å². The van der Waals surface area contributed by atoms with Crippen molar-refractivity contribution in [1.29, 1.82) is 5.26 Å². The van der Waals surface area contributed by atoms with Crippen molar-refractivity contribution in [2.75, 3.05) is 39.4 Å². The van der Waals surface area contributed by atoms with E-state index in [2.05, 4.69) is 27.3 Å². The molecular formula is C19H20N4O2. The number of aromatic nitrogens is 1. The lowest BCUT2D eigenvalue weighted by molar-refractivity contribution is 0.0421. The fraction of sp³-hybridized carbons (Fsp3) is 0.316. The highest BCUT2D eigenvalue weighted by atomic mass is 16.5. The summed E-state index contributed by atoms with van der Waals surface area (Å²) in [6.45, 7) is 5.20. The molecule has 1 aromatic heterocycles. The summed E-state index contributed by atoms with van der Waals surface area (Å²) < 4.78 is 5.38. The Morgan fingerprint density at radius 2 is 2.08 bits per heavy atom. The van der Waals surface area contributed by atoms with E-state index in [0.29, 0.717) is 11.1 Å². The van der Waals surface area contributed by atoms with Crippen LogP contribution < -0.4 is 5.32 Å². The smallest absolute Gasteiger partial charge is 0.198 e. The number of nitrogens with one attached hydrogen (secondary N) is 2. The fourth-order valence-electron chi connectivity index (χ4n) is 3.37. The Hall–Kier alpha value is -2.75. The molecule has 0 amide bonds. The van der Waals surface area contributed by atoms with E-state index in [-0.39, 0.29) is 5.88 Å². The van der Waals surface area contributed by atoms with Crippen LogP contribution in [-0.2, 0) is 4.74 Å². The maximum absolute atomic E-state index is 10.3. The average molecular weight is 336 g/mol. The summed E-state index contributed by atoms with van der Waals surface area (Å²) in [6, 6.07) is 7.51. The second kappa shape index (κ2) is 6.63. The van der Waals surface area contributed by atoms with Crippen LogP contribution in [0, 0.1) is 11.3 Å². The number of nitrogens with zero attached hydrogens (tertiary/aromatic N) is 2. The third-order valence-electron chi connectivity index (χ3n) is 4.70. The molecule has 0 bridgehead atoms. The van der Waals surface area contributed by atoms with E-state index in [1.165, 1.54) is 5.57 Å². The minimum absolute atomic E-state index is 0.119. The maximum Gasteiger partial charge on any atom is 0.198 e. The largest absolute Gasteiger partial charge is 0.494 e. The van der Waals surface area contributed by atoms with Crippen molar-refractivity contribution < 1.29 is 9.84 Å². The quantitative estimate of drug-likeness (QED) is 0.798. The summed E-state index contributed by atoms with van der Waals surface area (Å²) in [6.07, 6.45) is 4.12. The number of fused-ring (bicyclic) bond motifs is 1. The summed E-state index contributed by atoms with van der Waals surface area (Å²) in [5, 5.41) is 23.7. The van der Waals surface area contributed by atoms with E-state index >= 15 is 0 Å². The van der Waals surface area contributed by atoms with Crippen LogP contribution in [0.1, 0.15) is 11.1 Å². The van der Waals surface area contributed by atoms with Crippen molar-refractivity contribution >= 4 is 16.6 Å². The van der Waals surface area contributed by atoms with Crippen LogP contribution in [0.25, 0.3) is 16.6 Å². The van der Waals surface area contributed by atoms with Crippen molar-refractivity contribution in [2.45, 2.75) is 0 Å². The molecule has 128 valence electrons. The number of nitriles is 1. The number of morpholine rings is 1. The molecular weight excluding hydrogens is 316 g/mol. The molecule has 2 aliphatic rings. The van der Waals surface area contributed by atoms with Gasteiger partial charge in [0.25, 0.3) is 0 Å². The summed E-state index contributed by atoms with van der Waals surface area (Å²) >= 11 is 0. The Balaban J connectivity index is 1.61. The van der Waals surface area contributed by atoms with Gasteiger partial charge >= 0.3 is 0 Å². The predicted molar refractivity (Wildman–Crippen MR) is 96.0 cm³/mol. The molecule has 0 radical (unpaired) electrons. The van der Waals surface area contributed by atoms with Crippen LogP contribution in [0.15, 0.2) is 35.9 Å². The number of hydrogen-bond acceptors (Lipinski definition) is 5. The molecule has 0 aliphatic carbocycles. The molecule has 0 spiro atoms. The van der Waals surface area contributed by atoms with Gasteiger partial charge in [-0.2, -0.15) is 5.26 Å². The van der Waals surface area contributed by atoms with Gasteiger partial charge in [0.05, 0.1) is 30.4 Å². The van der Waals surface area contributed by atoms with Gasteiger partial charge < -0.3 is 20.1 Å². The standard InChI is InChI=1S/C19H20N4O2/c20-10-13-1-3-16-15(9-13)18(19(24)22-16)17-4-2-14(11-21-17)12-23-5-7-25-8-6-23/h1-4,9,21-22,24H,5-8,11-12H2. The lowest BCUT2D eigenvalue weighted by Crippen LogP contribution is -2.39. The Labute approximate surface area is 146 Å². The highest BCUT2D eigenvalue weighted by Crippen LogP contribution is 2.33. The average Bonchev–Trinajstić information content (AvgIpc) is 2.98. The SMILES string of the molecule is N#Cc1ccc2[nH]c(O)c(C3=CC=C(CN4CCOCC4)CN3)c2c1. The van der Waals surface area contributed by atoms with Gasteiger partial charge in [0.1, 0.15) is 0 Å². The van der Waals surface area contributed by atoms with Gasteiger partial charge in [-0.1, -0.05) is 6.08 Å². The van der Waals surface area contributed by atoms with Crippen molar-refractivity contribution in [3.8, 4) is 11.9 Å². The Bertz CT molecular complexity index is 898. The van der Waals surface area contributed by atoms with Crippen molar-refractivity contribution in [3.05, 3.63) is 47.1 Å². The molecule has 1 saturated heterocycles. The first-order valence-electron chi connectivity index (χ1n) is 8.43. The second-order valence-electron chi connectivity index (χ2n) is 6.37. The van der Waals surface area contributed by atoms with E-state index in [1.54, 1.807) is 12.1 Å². The van der Waals surface area contributed by atoms with Gasteiger partial charge in [0.2, 0.25) is 0 Å². The number of allylic oxidation sites excluding steroid dienone is 2. The number of hydrogen-bond donors (Lipinski definition) is 3. The van der Waals surface area contributed by atoms with Crippen molar-refractivity contribution in [3.63, 3.8) is 0 Å². The summed E-state index contributed by atoms with van der Waals surface area (Å²) in [5.41, 5.74) is 4.28. The molecule has 3 heterocycles. The topological polar surface area (TPSA) is 84.3 Å². The number of aromatic hydroxyl groups is 1. The number of aromatic amines is 1. The van der Waals surface area contributed by atoms with E-state index in [4.69, 9.17) is 10.00 Å². The maximum atomic E-state index is 10.3. The summed E-state index contributed by atoms with van der Waals surface area (Å²) in [7, 11) is 0.